The molecule has 2 heterocycles. The highest BCUT2D eigenvalue weighted by molar-refractivity contribution is 5.88. The molecule has 0 amide bonds. The Balaban J connectivity index is 2.09. The summed E-state index contributed by atoms with van der Waals surface area (Å²) in [7, 11) is 1.62. The molecule has 2 aromatic heterocycles. The van der Waals surface area contributed by atoms with E-state index in [1.807, 2.05) is 0 Å². The number of likely N-dealkylation sites (N-methyl/N-ethyl adjacent to an activating group) is 1. The third kappa shape index (κ3) is 3.26. The Morgan fingerprint density at radius 1 is 1.28 bits per heavy atom. The second kappa shape index (κ2) is 6.43. The highest BCUT2D eigenvalue weighted by Gasteiger charge is 2.38. The quantitative estimate of drug-likeness (QED) is 0.727. The van der Waals surface area contributed by atoms with Gasteiger partial charge in [0.2, 0.25) is 0 Å². The van der Waals surface area contributed by atoms with Crippen LogP contribution in [0.1, 0.15) is 11.1 Å². The van der Waals surface area contributed by atoms with Crippen molar-refractivity contribution in [3.05, 3.63) is 54.1 Å². The number of benzene rings is 1. The summed E-state index contributed by atoms with van der Waals surface area (Å²) in [5, 5.41) is 9.32. The molecule has 1 aromatic carbocycles. The molecule has 8 heteroatoms. The number of alkyl halides is 3. The number of halogens is 3. The first-order valence-corrected chi connectivity index (χ1v) is 7.48. The van der Waals surface area contributed by atoms with Gasteiger partial charge in [0, 0.05) is 37.9 Å². The lowest BCUT2D eigenvalue weighted by Crippen LogP contribution is -2.25. The van der Waals surface area contributed by atoms with Crippen LogP contribution in [0.2, 0.25) is 0 Å². The number of hydrogen-bond donors (Lipinski definition) is 0. The van der Waals surface area contributed by atoms with Crippen LogP contribution in [0.25, 0.3) is 10.9 Å². The van der Waals surface area contributed by atoms with E-state index in [1.165, 1.54) is 18.2 Å². The van der Waals surface area contributed by atoms with E-state index in [-0.39, 0.29) is 16.7 Å². The molecule has 0 atom stereocenters. The molecule has 0 radical (unpaired) electrons. The molecule has 25 heavy (non-hydrogen) atoms. The Kier molecular flexibility index (Phi) is 4.31. The summed E-state index contributed by atoms with van der Waals surface area (Å²) in [6.07, 6.45) is 0.353. The Morgan fingerprint density at radius 3 is 2.68 bits per heavy atom. The molecular weight excluding hydrogens is 331 g/mol. The lowest BCUT2D eigenvalue weighted by Gasteiger charge is -2.22. The van der Waals surface area contributed by atoms with Crippen molar-refractivity contribution in [1.82, 2.24) is 14.5 Å². The summed E-state index contributed by atoms with van der Waals surface area (Å²) < 4.78 is 42.6. The third-order valence-electron chi connectivity index (χ3n) is 3.88. The number of para-hydroxylation sites is 1. The van der Waals surface area contributed by atoms with Crippen molar-refractivity contribution in [2.75, 3.05) is 18.5 Å². The standard InChI is InChI=1S/C17H14F3N5/c1-24(8-9-25-7-6-22-11-25)16-13(10-21)15(17(18,19)20)12-4-2-3-5-14(12)23-16/h2-7,11H,8-9H2,1H3. The van der Waals surface area contributed by atoms with E-state index >= 15 is 0 Å². The molecule has 0 bridgehead atoms. The number of anilines is 1. The van der Waals surface area contributed by atoms with Crippen molar-refractivity contribution < 1.29 is 13.2 Å². The molecule has 0 saturated heterocycles. The van der Waals surface area contributed by atoms with E-state index in [9.17, 15) is 18.4 Å². The maximum atomic E-state index is 13.6. The van der Waals surface area contributed by atoms with Crippen LogP contribution in [-0.2, 0) is 12.7 Å². The molecule has 0 spiro atoms. The van der Waals surface area contributed by atoms with Gasteiger partial charge < -0.3 is 9.47 Å². The van der Waals surface area contributed by atoms with E-state index < -0.39 is 17.3 Å². The van der Waals surface area contributed by atoms with Gasteiger partial charge in [-0.25, -0.2) is 9.97 Å². The van der Waals surface area contributed by atoms with Gasteiger partial charge >= 0.3 is 6.18 Å². The SMILES string of the molecule is CN(CCn1ccnc1)c1nc2ccccc2c(C(F)(F)F)c1C#N. The van der Waals surface area contributed by atoms with Gasteiger partial charge in [-0.1, -0.05) is 18.2 Å². The average molecular weight is 345 g/mol. The van der Waals surface area contributed by atoms with Crippen molar-refractivity contribution in [3.63, 3.8) is 0 Å². The first-order chi connectivity index (χ1) is 11.9. The highest BCUT2D eigenvalue weighted by atomic mass is 19.4. The number of fused-ring (bicyclic) bond motifs is 1. The predicted octanol–water partition coefficient (Wildman–Crippen LogP) is 3.46. The second-order valence-corrected chi connectivity index (χ2v) is 5.53. The maximum absolute atomic E-state index is 13.6. The molecule has 3 rings (SSSR count). The number of pyridine rings is 1. The number of nitriles is 1. The van der Waals surface area contributed by atoms with E-state index in [2.05, 4.69) is 9.97 Å². The minimum atomic E-state index is -4.65. The maximum Gasteiger partial charge on any atom is 0.418 e. The first-order valence-electron chi connectivity index (χ1n) is 7.48. The molecule has 5 nitrogen and oxygen atoms in total. The van der Waals surface area contributed by atoms with Gasteiger partial charge in [0.05, 0.1) is 17.4 Å². The summed E-state index contributed by atoms with van der Waals surface area (Å²) in [5.41, 5.74) is -1.19. The lowest BCUT2D eigenvalue weighted by molar-refractivity contribution is -0.136. The zero-order valence-electron chi connectivity index (χ0n) is 13.3. The number of rotatable bonds is 4. The van der Waals surface area contributed by atoms with Crippen molar-refractivity contribution in [2.24, 2.45) is 0 Å². The fourth-order valence-corrected chi connectivity index (χ4v) is 2.67. The molecule has 0 unspecified atom stereocenters. The summed E-state index contributed by atoms with van der Waals surface area (Å²) in [4.78, 5) is 9.78. The fraction of sp³-hybridized carbons (Fsp3) is 0.235. The highest BCUT2D eigenvalue weighted by Crippen LogP contribution is 2.39. The fourth-order valence-electron chi connectivity index (χ4n) is 2.67. The Labute approximate surface area is 142 Å². The normalized spacial score (nSPS) is 11.5. The van der Waals surface area contributed by atoms with Crippen molar-refractivity contribution in [1.29, 1.82) is 5.26 Å². The van der Waals surface area contributed by atoms with Gasteiger partial charge in [-0.05, 0) is 6.07 Å². The smallest absolute Gasteiger partial charge is 0.357 e. The Bertz CT molecular complexity index is 926. The van der Waals surface area contributed by atoms with Gasteiger partial charge in [-0.2, -0.15) is 18.4 Å². The third-order valence-corrected chi connectivity index (χ3v) is 3.88. The second-order valence-electron chi connectivity index (χ2n) is 5.53. The van der Waals surface area contributed by atoms with Crippen LogP contribution in [0.15, 0.2) is 43.0 Å². The zero-order valence-corrected chi connectivity index (χ0v) is 13.3. The molecule has 0 saturated carbocycles. The van der Waals surface area contributed by atoms with Gasteiger partial charge in [0.1, 0.15) is 17.5 Å². The minimum absolute atomic E-state index is 0.0219. The van der Waals surface area contributed by atoms with Crippen LogP contribution in [0.4, 0.5) is 19.0 Å². The van der Waals surface area contributed by atoms with Crippen molar-refractivity contribution in [2.45, 2.75) is 12.7 Å². The van der Waals surface area contributed by atoms with Gasteiger partial charge in [-0.3, -0.25) is 0 Å². The van der Waals surface area contributed by atoms with Crippen LogP contribution in [-0.4, -0.2) is 28.1 Å². The van der Waals surface area contributed by atoms with E-state index in [1.54, 1.807) is 47.4 Å². The van der Waals surface area contributed by atoms with Crippen LogP contribution in [0.3, 0.4) is 0 Å². The molecule has 0 fully saturated rings. The lowest BCUT2D eigenvalue weighted by atomic mass is 10.0. The zero-order chi connectivity index (χ0) is 18.0. The molecule has 0 aliphatic carbocycles. The Hall–Kier alpha value is -3.08. The first kappa shape index (κ1) is 16.8. The minimum Gasteiger partial charge on any atom is -0.357 e. The van der Waals surface area contributed by atoms with Gasteiger partial charge in [-0.15, -0.1) is 0 Å². The molecule has 0 N–H and O–H groups in total. The van der Waals surface area contributed by atoms with Crippen LogP contribution in [0.5, 0.6) is 0 Å². The average Bonchev–Trinajstić information content (AvgIpc) is 3.10. The van der Waals surface area contributed by atoms with Crippen LogP contribution in [0, 0.1) is 11.3 Å². The summed E-state index contributed by atoms with van der Waals surface area (Å²) in [6.45, 7) is 0.894. The van der Waals surface area contributed by atoms with Gasteiger partial charge in [0.25, 0.3) is 0 Å². The number of nitrogens with zero attached hydrogens (tertiary/aromatic N) is 5. The largest absolute Gasteiger partial charge is 0.418 e. The van der Waals surface area contributed by atoms with E-state index in [4.69, 9.17) is 0 Å². The number of aromatic nitrogens is 3. The molecular formula is C17H14F3N5. The summed E-state index contributed by atoms with van der Waals surface area (Å²) in [6, 6.07) is 7.67. The van der Waals surface area contributed by atoms with Gasteiger partial charge in [0.15, 0.2) is 0 Å². The molecule has 0 aliphatic rings. The molecule has 3 aromatic rings. The number of imidazole rings is 1. The summed E-state index contributed by atoms with van der Waals surface area (Å²) >= 11 is 0. The number of hydrogen-bond acceptors (Lipinski definition) is 4. The topological polar surface area (TPSA) is 57.7 Å². The van der Waals surface area contributed by atoms with E-state index in [0.717, 1.165) is 0 Å². The van der Waals surface area contributed by atoms with Crippen molar-refractivity contribution in [3.8, 4) is 6.07 Å². The van der Waals surface area contributed by atoms with Crippen LogP contribution >= 0.6 is 0 Å². The molecule has 128 valence electrons. The predicted molar refractivity (Wildman–Crippen MR) is 87.0 cm³/mol. The molecule has 0 aliphatic heterocycles. The van der Waals surface area contributed by atoms with Crippen LogP contribution < -0.4 is 4.90 Å². The van der Waals surface area contributed by atoms with Crippen molar-refractivity contribution >= 4 is 16.7 Å². The summed E-state index contributed by atoms with van der Waals surface area (Å²) in [5.74, 6) is 0.0219. The van der Waals surface area contributed by atoms with E-state index in [0.29, 0.717) is 13.1 Å². The monoisotopic (exact) mass is 345 g/mol. The Morgan fingerprint density at radius 2 is 2.04 bits per heavy atom.